The second-order valence-corrected chi connectivity index (χ2v) is 5.02. The van der Waals surface area contributed by atoms with Gasteiger partial charge in [0.25, 0.3) is 0 Å². The van der Waals surface area contributed by atoms with Crippen LogP contribution in [-0.4, -0.2) is 31.3 Å². The topological polar surface area (TPSA) is 47.3 Å². The van der Waals surface area contributed by atoms with Crippen LogP contribution in [0.1, 0.15) is 44.9 Å². The van der Waals surface area contributed by atoms with Crippen molar-refractivity contribution in [2.75, 3.05) is 19.6 Å². The lowest BCUT2D eigenvalue weighted by Gasteiger charge is -2.23. The molecule has 0 aromatic carbocycles. The molecule has 15 heavy (non-hydrogen) atoms. The third-order valence-electron chi connectivity index (χ3n) is 3.78. The average molecular weight is 212 g/mol. The van der Waals surface area contributed by atoms with Crippen LogP contribution in [0.3, 0.4) is 0 Å². The molecule has 1 saturated heterocycles. The highest BCUT2D eigenvalue weighted by atomic mass is 16.5. The van der Waals surface area contributed by atoms with Crippen molar-refractivity contribution in [1.29, 1.82) is 0 Å². The maximum atomic E-state index is 6.20. The van der Waals surface area contributed by atoms with Crippen LogP contribution >= 0.6 is 0 Å². The van der Waals surface area contributed by atoms with Crippen molar-refractivity contribution in [3.05, 3.63) is 0 Å². The maximum Gasteiger partial charge on any atom is 0.0708 e. The maximum absolute atomic E-state index is 6.20. The summed E-state index contributed by atoms with van der Waals surface area (Å²) in [6.45, 7) is 2.83. The Morgan fingerprint density at radius 3 is 2.80 bits per heavy atom. The molecular formula is C12H24N2O. The molecule has 2 fully saturated rings. The molecule has 1 aliphatic carbocycles. The van der Waals surface area contributed by atoms with Gasteiger partial charge < -0.3 is 15.8 Å². The smallest absolute Gasteiger partial charge is 0.0708 e. The lowest BCUT2D eigenvalue weighted by Crippen LogP contribution is -2.31. The lowest BCUT2D eigenvalue weighted by atomic mass is 9.98. The van der Waals surface area contributed by atoms with E-state index in [-0.39, 0.29) is 0 Å². The van der Waals surface area contributed by atoms with Crippen LogP contribution in [0.15, 0.2) is 0 Å². The number of nitrogens with one attached hydrogen (secondary N) is 1. The fourth-order valence-corrected chi connectivity index (χ4v) is 2.92. The SMILES string of the molecule is NCCCNCC1CCC2(CCCC2)O1. The van der Waals surface area contributed by atoms with Crippen molar-refractivity contribution in [3.8, 4) is 0 Å². The highest BCUT2D eigenvalue weighted by Crippen LogP contribution is 2.42. The lowest BCUT2D eigenvalue weighted by molar-refractivity contribution is -0.0350. The summed E-state index contributed by atoms with van der Waals surface area (Å²) in [6.07, 6.45) is 9.39. The second-order valence-electron chi connectivity index (χ2n) is 5.02. The largest absolute Gasteiger partial charge is 0.370 e. The van der Waals surface area contributed by atoms with Crippen molar-refractivity contribution < 1.29 is 4.74 Å². The predicted octanol–water partition coefficient (Wildman–Crippen LogP) is 1.42. The molecule has 3 N–H and O–H groups in total. The van der Waals surface area contributed by atoms with Gasteiger partial charge in [0.05, 0.1) is 11.7 Å². The molecule has 1 aliphatic heterocycles. The van der Waals surface area contributed by atoms with Crippen LogP contribution in [-0.2, 0) is 4.74 Å². The Labute approximate surface area is 92.7 Å². The third kappa shape index (κ3) is 2.92. The van der Waals surface area contributed by atoms with Crippen molar-refractivity contribution in [1.82, 2.24) is 5.32 Å². The zero-order valence-corrected chi connectivity index (χ0v) is 9.63. The minimum atomic E-state index is 0.292. The molecule has 0 aromatic heterocycles. The first-order chi connectivity index (χ1) is 7.35. The molecule has 0 amide bonds. The van der Waals surface area contributed by atoms with Gasteiger partial charge >= 0.3 is 0 Å². The van der Waals surface area contributed by atoms with E-state index in [1.807, 2.05) is 0 Å². The van der Waals surface area contributed by atoms with E-state index in [4.69, 9.17) is 10.5 Å². The summed E-state index contributed by atoms with van der Waals surface area (Å²) in [4.78, 5) is 0. The van der Waals surface area contributed by atoms with E-state index in [0.717, 1.165) is 26.1 Å². The van der Waals surface area contributed by atoms with Crippen LogP contribution in [0.5, 0.6) is 0 Å². The van der Waals surface area contributed by atoms with Crippen LogP contribution in [0.4, 0.5) is 0 Å². The second kappa shape index (κ2) is 5.28. The predicted molar refractivity (Wildman–Crippen MR) is 61.8 cm³/mol. The molecule has 1 heterocycles. The highest BCUT2D eigenvalue weighted by molar-refractivity contribution is 4.93. The Morgan fingerprint density at radius 1 is 1.27 bits per heavy atom. The van der Waals surface area contributed by atoms with E-state index < -0.39 is 0 Å². The molecule has 1 spiro atoms. The monoisotopic (exact) mass is 212 g/mol. The van der Waals surface area contributed by atoms with Gasteiger partial charge in [0.2, 0.25) is 0 Å². The standard InChI is InChI=1S/C12H24N2O/c13-8-3-9-14-10-11-4-7-12(15-11)5-1-2-6-12/h11,14H,1-10,13H2. The molecule has 1 atom stereocenters. The Kier molecular flexibility index (Phi) is 4.00. The van der Waals surface area contributed by atoms with Crippen LogP contribution in [0, 0.1) is 0 Å². The summed E-state index contributed by atoms with van der Waals surface area (Å²) in [5.41, 5.74) is 5.74. The van der Waals surface area contributed by atoms with E-state index in [1.54, 1.807) is 0 Å². The fourth-order valence-electron chi connectivity index (χ4n) is 2.92. The van der Waals surface area contributed by atoms with Gasteiger partial charge in [-0.25, -0.2) is 0 Å². The van der Waals surface area contributed by atoms with Crippen LogP contribution in [0.2, 0.25) is 0 Å². The third-order valence-corrected chi connectivity index (χ3v) is 3.78. The van der Waals surface area contributed by atoms with Crippen LogP contribution < -0.4 is 11.1 Å². The number of hydrogen-bond donors (Lipinski definition) is 2. The summed E-state index contributed by atoms with van der Waals surface area (Å²) < 4.78 is 6.20. The van der Waals surface area contributed by atoms with Gasteiger partial charge in [-0.1, -0.05) is 12.8 Å². The van der Waals surface area contributed by atoms with Gasteiger partial charge in [0.1, 0.15) is 0 Å². The van der Waals surface area contributed by atoms with Gasteiger partial charge in [0.15, 0.2) is 0 Å². The van der Waals surface area contributed by atoms with E-state index in [2.05, 4.69) is 5.32 Å². The minimum Gasteiger partial charge on any atom is -0.370 e. The minimum absolute atomic E-state index is 0.292. The van der Waals surface area contributed by atoms with E-state index in [1.165, 1.54) is 38.5 Å². The molecule has 0 radical (unpaired) electrons. The number of ether oxygens (including phenoxy) is 1. The van der Waals surface area contributed by atoms with Gasteiger partial charge in [-0.3, -0.25) is 0 Å². The Hall–Kier alpha value is -0.120. The molecular weight excluding hydrogens is 188 g/mol. The number of rotatable bonds is 5. The molecule has 2 aliphatic rings. The zero-order chi connectivity index (χ0) is 10.6. The van der Waals surface area contributed by atoms with Gasteiger partial charge in [0, 0.05) is 6.54 Å². The number of nitrogens with two attached hydrogens (primary N) is 1. The molecule has 0 bridgehead atoms. The Bertz CT molecular complexity index is 190. The average Bonchev–Trinajstić information content (AvgIpc) is 2.85. The van der Waals surface area contributed by atoms with Crippen molar-refractivity contribution in [2.24, 2.45) is 5.73 Å². The van der Waals surface area contributed by atoms with E-state index >= 15 is 0 Å². The summed E-state index contributed by atoms with van der Waals surface area (Å²) >= 11 is 0. The molecule has 88 valence electrons. The first-order valence-electron chi connectivity index (χ1n) is 6.43. The first kappa shape index (κ1) is 11.4. The van der Waals surface area contributed by atoms with Gasteiger partial charge in [-0.05, 0) is 45.2 Å². The Balaban J connectivity index is 1.64. The first-order valence-corrected chi connectivity index (χ1v) is 6.43. The summed E-state index contributed by atoms with van der Waals surface area (Å²) in [7, 11) is 0. The molecule has 2 rings (SSSR count). The zero-order valence-electron chi connectivity index (χ0n) is 9.63. The van der Waals surface area contributed by atoms with Crippen LogP contribution in [0.25, 0.3) is 0 Å². The molecule has 1 unspecified atom stereocenters. The summed E-state index contributed by atoms with van der Waals surface area (Å²) in [6, 6.07) is 0. The Morgan fingerprint density at radius 2 is 2.07 bits per heavy atom. The quantitative estimate of drug-likeness (QED) is 0.678. The van der Waals surface area contributed by atoms with Crippen molar-refractivity contribution >= 4 is 0 Å². The molecule has 0 aromatic rings. The summed E-state index contributed by atoms with van der Waals surface area (Å²) in [5, 5.41) is 3.43. The van der Waals surface area contributed by atoms with Crippen molar-refractivity contribution in [2.45, 2.75) is 56.7 Å². The molecule has 1 saturated carbocycles. The van der Waals surface area contributed by atoms with Gasteiger partial charge in [-0.15, -0.1) is 0 Å². The molecule has 3 heteroatoms. The number of hydrogen-bond acceptors (Lipinski definition) is 3. The normalized spacial score (nSPS) is 29.0. The summed E-state index contributed by atoms with van der Waals surface area (Å²) in [5.74, 6) is 0. The van der Waals surface area contributed by atoms with E-state index in [0.29, 0.717) is 11.7 Å². The fraction of sp³-hybridized carbons (Fsp3) is 1.00. The molecule has 3 nitrogen and oxygen atoms in total. The van der Waals surface area contributed by atoms with Crippen molar-refractivity contribution in [3.63, 3.8) is 0 Å². The van der Waals surface area contributed by atoms with E-state index in [9.17, 15) is 0 Å². The highest BCUT2D eigenvalue weighted by Gasteiger charge is 2.41. The van der Waals surface area contributed by atoms with Gasteiger partial charge in [-0.2, -0.15) is 0 Å².